The van der Waals surface area contributed by atoms with Crippen molar-refractivity contribution < 1.29 is 4.79 Å². The van der Waals surface area contributed by atoms with Crippen molar-refractivity contribution >= 4 is 11.6 Å². The lowest BCUT2D eigenvalue weighted by molar-refractivity contribution is 0.102. The Morgan fingerprint density at radius 3 is 2.76 bits per heavy atom. The van der Waals surface area contributed by atoms with Crippen LogP contribution in [-0.4, -0.2) is 40.9 Å². The van der Waals surface area contributed by atoms with E-state index < -0.39 is 0 Å². The Morgan fingerprint density at radius 2 is 2.08 bits per heavy atom. The van der Waals surface area contributed by atoms with Gasteiger partial charge in [-0.3, -0.25) is 9.78 Å². The Hall–Kier alpha value is -2.27. The molecule has 0 bridgehead atoms. The summed E-state index contributed by atoms with van der Waals surface area (Å²) in [5.41, 5.74) is 2.43. The molecule has 25 heavy (non-hydrogen) atoms. The number of aryl methyl sites for hydroxylation is 1. The van der Waals surface area contributed by atoms with Gasteiger partial charge in [-0.2, -0.15) is 0 Å². The summed E-state index contributed by atoms with van der Waals surface area (Å²) in [4.78, 5) is 22.4. The lowest BCUT2D eigenvalue weighted by Crippen LogP contribution is -2.36. The van der Waals surface area contributed by atoms with Gasteiger partial charge in [0.1, 0.15) is 5.69 Å². The SMILES string of the molecule is C[C@@H]1CN(C)CC[C@H]1CCc1ccc(NC(=O)c2cnccn2)cc1. The van der Waals surface area contributed by atoms with Gasteiger partial charge in [0.25, 0.3) is 5.91 Å². The summed E-state index contributed by atoms with van der Waals surface area (Å²) in [7, 11) is 2.21. The van der Waals surface area contributed by atoms with E-state index in [1.165, 1.54) is 43.9 Å². The molecule has 0 saturated carbocycles. The van der Waals surface area contributed by atoms with E-state index in [1.807, 2.05) is 12.1 Å². The van der Waals surface area contributed by atoms with Crippen molar-refractivity contribution in [3.63, 3.8) is 0 Å². The predicted octanol–water partition coefficient (Wildman–Crippen LogP) is 3.25. The van der Waals surface area contributed by atoms with Crippen LogP contribution in [0.5, 0.6) is 0 Å². The number of nitrogens with zero attached hydrogens (tertiary/aromatic N) is 3. The van der Waals surface area contributed by atoms with E-state index in [2.05, 4.69) is 46.3 Å². The number of anilines is 1. The van der Waals surface area contributed by atoms with E-state index in [0.717, 1.165) is 23.9 Å². The van der Waals surface area contributed by atoms with Crippen molar-refractivity contribution in [2.75, 3.05) is 25.5 Å². The molecule has 2 aromatic rings. The van der Waals surface area contributed by atoms with Crippen LogP contribution in [-0.2, 0) is 6.42 Å². The molecule has 2 heterocycles. The Bertz CT molecular complexity index is 687. The monoisotopic (exact) mass is 338 g/mol. The number of benzene rings is 1. The number of piperidine rings is 1. The lowest BCUT2D eigenvalue weighted by Gasteiger charge is -2.34. The molecule has 1 saturated heterocycles. The van der Waals surface area contributed by atoms with Gasteiger partial charge in [-0.05, 0) is 62.4 Å². The van der Waals surface area contributed by atoms with Gasteiger partial charge in [-0.15, -0.1) is 0 Å². The maximum atomic E-state index is 12.1. The molecule has 1 aromatic carbocycles. The van der Waals surface area contributed by atoms with E-state index in [4.69, 9.17) is 0 Å². The number of hydrogen-bond acceptors (Lipinski definition) is 4. The van der Waals surface area contributed by atoms with E-state index in [0.29, 0.717) is 5.69 Å². The summed E-state index contributed by atoms with van der Waals surface area (Å²) in [6.07, 6.45) is 8.16. The molecule has 0 aliphatic carbocycles. The Kier molecular flexibility index (Phi) is 5.76. The number of amides is 1. The average molecular weight is 338 g/mol. The number of carbonyl (C=O) groups excluding carboxylic acids is 1. The third kappa shape index (κ3) is 4.86. The molecule has 132 valence electrons. The zero-order valence-corrected chi connectivity index (χ0v) is 15.0. The first kappa shape index (κ1) is 17.5. The van der Waals surface area contributed by atoms with Gasteiger partial charge in [0, 0.05) is 24.6 Å². The second kappa shape index (κ2) is 8.21. The third-order valence-corrected chi connectivity index (χ3v) is 5.10. The van der Waals surface area contributed by atoms with E-state index in [1.54, 1.807) is 6.20 Å². The minimum atomic E-state index is -0.235. The average Bonchev–Trinajstić information content (AvgIpc) is 2.63. The van der Waals surface area contributed by atoms with E-state index >= 15 is 0 Å². The highest BCUT2D eigenvalue weighted by Crippen LogP contribution is 2.27. The highest BCUT2D eigenvalue weighted by Gasteiger charge is 2.23. The van der Waals surface area contributed by atoms with Crippen molar-refractivity contribution in [3.05, 3.63) is 54.1 Å². The van der Waals surface area contributed by atoms with Crippen LogP contribution in [0.25, 0.3) is 0 Å². The van der Waals surface area contributed by atoms with Crippen molar-refractivity contribution in [1.29, 1.82) is 0 Å². The molecule has 0 radical (unpaired) electrons. The Labute approximate surface area is 149 Å². The molecular weight excluding hydrogens is 312 g/mol. The molecular formula is C20H26N4O. The summed E-state index contributed by atoms with van der Waals surface area (Å²) >= 11 is 0. The van der Waals surface area contributed by atoms with Crippen LogP contribution in [0.15, 0.2) is 42.9 Å². The summed E-state index contributed by atoms with van der Waals surface area (Å²) in [6, 6.07) is 8.13. The first-order valence-electron chi connectivity index (χ1n) is 8.96. The molecule has 1 aliphatic rings. The van der Waals surface area contributed by atoms with Gasteiger partial charge in [-0.1, -0.05) is 19.1 Å². The number of hydrogen-bond donors (Lipinski definition) is 1. The molecule has 1 N–H and O–H groups in total. The fourth-order valence-electron chi connectivity index (χ4n) is 3.55. The third-order valence-electron chi connectivity index (χ3n) is 5.10. The highest BCUT2D eigenvalue weighted by molar-refractivity contribution is 6.02. The summed E-state index contributed by atoms with van der Waals surface area (Å²) < 4.78 is 0. The van der Waals surface area contributed by atoms with Gasteiger partial charge in [0.2, 0.25) is 0 Å². The smallest absolute Gasteiger partial charge is 0.275 e. The summed E-state index contributed by atoms with van der Waals surface area (Å²) in [5.74, 6) is 1.34. The molecule has 5 heteroatoms. The minimum absolute atomic E-state index is 0.235. The van der Waals surface area contributed by atoms with Gasteiger partial charge in [0.15, 0.2) is 0 Å². The number of likely N-dealkylation sites (tertiary alicyclic amines) is 1. The zero-order chi connectivity index (χ0) is 17.6. The van der Waals surface area contributed by atoms with Gasteiger partial charge in [0.05, 0.1) is 6.20 Å². The molecule has 0 spiro atoms. The maximum Gasteiger partial charge on any atom is 0.275 e. The standard InChI is InChI=1S/C20H26N4O/c1-15-14-24(2)12-9-17(15)6-3-16-4-7-18(8-5-16)23-20(25)19-13-21-10-11-22-19/h4-5,7-8,10-11,13,15,17H,3,6,9,12,14H2,1-2H3,(H,23,25)/t15-,17-/m1/s1. The normalized spacial score (nSPS) is 21.0. The molecule has 1 aliphatic heterocycles. The van der Waals surface area contributed by atoms with E-state index in [-0.39, 0.29) is 5.91 Å². The predicted molar refractivity (Wildman–Crippen MR) is 99.5 cm³/mol. The van der Waals surface area contributed by atoms with Gasteiger partial charge in [-0.25, -0.2) is 4.98 Å². The van der Waals surface area contributed by atoms with Crippen molar-refractivity contribution in [2.45, 2.75) is 26.2 Å². The zero-order valence-electron chi connectivity index (χ0n) is 15.0. The Morgan fingerprint density at radius 1 is 1.28 bits per heavy atom. The molecule has 1 fully saturated rings. The molecule has 1 aromatic heterocycles. The molecule has 3 rings (SSSR count). The van der Waals surface area contributed by atoms with Crippen LogP contribution in [0.3, 0.4) is 0 Å². The first-order valence-corrected chi connectivity index (χ1v) is 8.96. The van der Waals surface area contributed by atoms with Crippen molar-refractivity contribution in [2.24, 2.45) is 11.8 Å². The minimum Gasteiger partial charge on any atom is -0.321 e. The number of aromatic nitrogens is 2. The summed E-state index contributed by atoms with van der Waals surface area (Å²) in [5, 5.41) is 2.86. The Balaban J connectivity index is 1.51. The fraction of sp³-hybridized carbons (Fsp3) is 0.450. The second-order valence-electron chi connectivity index (χ2n) is 7.07. The quantitative estimate of drug-likeness (QED) is 0.909. The number of nitrogens with one attached hydrogen (secondary N) is 1. The van der Waals surface area contributed by atoms with Crippen LogP contribution in [0, 0.1) is 11.8 Å². The fourth-order valence-corrected chi connectivity index (χ4v) is 3.55. The van der Waals surface area contributed by atoms with Crippen molar-refractivity contribution in [3.8, 4) is 0 Å². The topological polar surface area (TPSA) is 58.1 Å². The van der Waals surface area contributed by atoms with Crippen LogP contribution in [0.1, 0.15) is 35.8 Å². The molecule has 1 amide bonds. The van der Waals surface area contributed by atoms with Crippen LogP contribution in [0.2, 0.25) is 0 Å². The van der Waals surface area contributed by atoms with Crippen LogP contribution < -0.4 is 5.32 Å². The van der Waals surface area contributed by atoms with Gasteiger partial charge >= 0.3 is 0 Å². The number of carbonyl (C=O) groups is 1. The van der Waals surface area contributed by atoms with Gasteiger partial charge < -0.3 is 10.2 Å². The van der Waals surface area contributed by atoms with Crippen LogP contribution >= 0.6 is 0 Å². The van der Waals surface area contributed by atoms with Crippen molar-refractivity contribution in [1.82, 2.24) is 14.9 Å². The van der Waals surface area contributed by atoms with E-state index in [9.17, 15) is 4.79 Å². The number of rotatable bonds is 5. The largest absolute Gasteiger partial charge is 0.321 e. The lowest BCUT2D eigenvalue weighted by atomic mass is 9.83. The second-order valence-corrected chi connectivity index (χ2v) is 7.07. The maximum absolute atomic E-state index is 12.1. The first-order chi connectivity index (χ1) is 12.1. The molecule has 2 atom stereocenters. The highest BCUT2D eigenvalue weighted by atomic mass is 16.1. The summed E-state index contributed by atoms with van der Waals surface area (Å²) in [6.45, 7) is 4.78. The van der Waals surface area contributed by atoms with Crippen LogP contribution in [0.4, 0.5) is 5.69 Å². The molecule has 5 nitrogen and oxygen atoms in total. The molecule has 0 unspecified atom stereocenters.